The molecule has 1 aromatic carbocycles. The van der Waals surface area contributed by atoms with Gasteiger partial charge >= 0.3 is 0 Å². The summed E-state index contributed by atoms with van der Waals surface area (Å²) in [7, 11) is 0. The molecule has 0 amide bonds. The molecule has 1 saturated heterocycles. The fourth-order valence-electron chi connectivity index (χ4n) is 3.10. The molecule has 1 N–H and O–H groups in total. The Labute approximate surface area is 102 Å². The van der Waals surface area contributed by atoms with Crippen LogP contribution in [0.25, 0.3) is 0 Å². The molecule has 1 aromatic rings. The summed E-state index contributed by atoms with van der Waals surface area (Å²) in [5, 5.41) is 3.53. The zero-order chi connectivity index (χ0) is 12.0. The molecule has 2 heterocycles. The smallest absolute Gasteiger partial charge is 0.125 e. The molecule has 0 saturated carbocycles. The second-order valence-corrected chi connectivity index (χ2v) is 5.84. The average Bonchev–Trinajstić information content (AvgIpc) is 2.81. The van der Waals surface area contributed by atoms with E-state index in [9.17, 15) is 4.39 Å². The summed E-state index contributed by atoms with van der Waals surface area (Å²) in [6.45, 7) is 6.50. The lowest BCUT2D eigenvalue weighted by Gasteiger charge is -2.27. The first kappa shape index (κ1) is 11.0. The number of anilines is 1. The Hall–Kier alpha value is -1.09. The number of benzene rings is 1. The normalized spacial score (nSPS) is 26.3. The van der Waals surface area contributed by atoms with Crippen molar-refractivity contribution in [2.75, 3.05) is 18.0 Å². The van der Waals surface area contributed by atoms with Crippen molar-refractivity contribution in [3.63, 3.8) is 0 Å². The minimum atomic E-state index is -0.124. The Morgan fingerprint density at radius 1 is 1.41 bits per heavy atom. The second kappa shape index (κ2) is 3.70. The highest BCUT2D eigenvalue weighted by molar-refractivity contribution is 5.59. The van der Waals surface area contributed by atoms with Crippen LogP contribution in [0.5, 0.6) is 0 Å². The van der Waals surface area contributed by atoms with Crippen LogP contribution in [0.3, 0.4) is 0 Å². The molecular weight excluding hydrogens is 215 g/mol. The molecular formula is C14H19FN2. The number of hydrogen-bond acceptors (Lipinski definition) is 2. The maximum atomic E-state index is 13.3. The van der Waals surface area contributed by atoms with Crippen molar-refractivity contribution >= 4 is 5.69 Å². The van der Waals surface area contributed by atoms with Crippen molar-refractivity contribution in [3.05, 3.63) is 29.6 Å². The first-order valence-electron chi connectivity index (χ1n) is 6.35. The molecule has 3 heteroatoms. The van der Waals surface area contributed by atoms with Crippen LogP contribution in [-0.2, 0) is 6.42 Å². The van der Waals surface area contributed by atoms with E-state index in [-0.39, 0.29) is 11.4 Å². The molecule has 2 aliphatic heterocycles. The van der Waals surface area contributed by atoms with Crippen molar-refractivity contribution in [1.29, 1.82) is 0 Å². The van der Waals surface area contributed by atoms with E-state index < -0.39 is 0 Å². The molecule has 1 atom stereocenters. The van der Waals surface area contributed by atoms with E-state index in [1.54, 1.807) is 12.1 Å². The SMILES string of the molecule is CC1(C)CC(N2CCc3ccc(F)cc32)CN1. The maximum absolute atomic E-state index is 13.3. The van der Waals surface area contributed by atoms with E-state index >= 15 is 0 Å². The molecule has 0 radical (unpaired) electrons. The number of halogens is 1. The standard InChI is InChI=1S/C14H19FN2/c1-14(2)8-12(9-16-14)17-6-5-10-3-4-11(15)7-13(10)17/h3-4,7,12,16H,5-6,8-9H2,1-2H3. The van der Waals surface area contributed by atoms with Gasteiger partial charge in [-0.3, -0.25) is 0 Å². The van der Waals surface area contributed by atoms with Crippen LogP contribution in [0.1, 0.15) is 25.8 Å². The lowest BCUT2D eigenvalue weighted by molar-refractivity contribution is 0.453. The van der Waals surface area contributed by atoms with Crippen LogP contribution in [-0.4, -0.2) is 24.7 Å². The molecule has 2 aliphatic rings. The summed E-state index contributed by atoms with van der Waals surface area (Å²) in [4.78, 5) is 2.38. The first-order valence-corrected chi connectivity index (χ1v) is 6.35. The van der Waals surface area contributed by atoms with Crippen LogP contribution >= 0.6 is 0 Å². The minimum Gasteiger partial charge on any atom is -0.367 e. The van der Waals surface area contributed by atoms with E-state index in [4.69, 9.17) is 0 Å². The zero-order valence-electron chi connectivity index (χ0n) is 10.5. The maximum Gasteiger partial charge on any atom is 0.125 e. The zero-order valence-corrected chi connectivity index (χ0v) is 10.5. The predicted octanol–water partition coefficient (Wildman–Crippen LogP) is 2.33. The van der Waals surface area contributed by atoms with Gasteiger partial charge < -0.3 is 10.2 Å². The van der Waals surface area contributed by atoms with Gasteiger partial charge in [0, 0.05) is 30.4 Å². The van der Waals surface area contributed by atoms with Gasteiger partial charge in [0.15, 0.2) is 0 Å². The van der Waals surface area contributed by atoms with Gasteiger partial charge in [0.25, 0.3) is 0 Å². The molecule has 92 valence electrons. The number of hydrogen-bond donors (Lipinski definition) is 1. The van der Waals surface area contributed by atoms with E-state index in [0.717, 1.165) is 31.6 Å². The highest BCUT2D eigenvalue weighted by Gasteiger charge is 2.36. The molecule has 2 nitrogen and oxygen atoms in total. The van der Waals surface area contributed by atoms with E-state index in [1.807, 2.05) is 6.07 Å². The third-order valence-corrected chi connectivity index (χ3v) is 3.98. The van der Waals surface area contributed by atoms with Crippen LogP contribution in [0, 0.1) is 5.82 Å². The van der Waals surface area contributed by atoms with Crippen LogP contribution < -0.4 is 10.2 Å². The predicted molar refractivity (Wildman–Crippen MR) is 67.9 cm³/mol. The van der Waals surface area contributed by atoms with Gasteiger partial charge in [-0.2, -0.15) is 0 Å². The van der Waals surface area contributed by atoms with Gasteiger partial charge in [0.1, 0.15) is 5.82 Å². The van der Waals surface area contributed by atoms with Crippen molar-refractivity contribution in [1.82, 2.24) is 5.32 Å². The summed E-state index contributed by atoms with van der Waals surface area (Å²) in [5.74, 6) is -0.124. The quantitative estimate of drug-likeness (QED) is 0.802. The molecule has 3 rings (SSSR count). The van der Waals surface area contributed by atoms with Crippen molar-refractivity contribution in [2.45, 2.75) is 38.3 Å². The van der Waals surface area contributed by atoms with Crippen LogP contribution in [0.15, 0.2) is 18.2 Å². The Balaban J connectivity index is 1.86. The number of fused-ring (bicyclic) bond motifs is 1. The Kier molecular flexibility index (Phi) is 2.40. The van der Waals surface area contributed by atoms with Crippen molar-refractivity contribution < 1.29 is 4.39 Å². The van der Waals surface area contributed by atoms with Crippen LogP contribution in [0.4, 0.5) is 10.1 Å². The van der Waals surface area contributed by atoms with Crippen LogP contribution in [0.2, 0.25) is 0 Å². The topological polar surface area (TPSA) is 15.3 Å². The van der Waals surface area contributed by atoms with Crippen molar-refractivity contribution in [2.24, 2.45) is 0 Å². The van der Waals surface area contributed by atoms with E-state index in [2.05, 4.69) is 24.1 Å². The van der Waals surface area contributed by atoms with Gasteiger partial charge in [-0.1, -0.05) is 6.07 Å². The number of nitrogens with one attached hydrogen (secondary N) is 1. The average molecular weight is 234 g/mol. The summed E-state index contributed by atoms with van der Waals surface area (Å²) in [6, 6.07) is 5.69. The second-order valence-electron chi connectivity index (χ2n) is 5.84. The third-order valence-electron chi connectivity index (χ3n) is 3.98. The fourth-order valence-corrected chi connectivity index (χ4v) is 3.10. The summed E-state index contributed by atoms with van der Waals surface area (Å²) < 4.78 is 13.3. The lowest BCUT2D eigenvalue weighted by Crippen LogP contribution is -2.35. The minimum absolute atomic E-state index is 0.124. The largest absolute Gasteiger partial charge is 0.367 e. The lowest BCUT2D eigenvalue weighted by atomic mass is 10.0. The summed E-state index contributed by atoms with van der Waals surface area (Å²) in [6.07, 6.45) is 2.18. The molecule has 1 unspecified atom stereocenters. The fraction of sp³-hybridized carbons (Fsp3) is 0.571. The summed E-state index contributed by atoms with van der Waals surface area (Å²) in [5.41, 5.74) is 2.60. The summed E-state index contributed by atoms with van der Waals surface area (Å²) >= 11 is 0. The molecule has 0 spiro atoms. The Morgan fingerprint density at radius 2 is 2.24 bits per heavy atom. The Bertz CT molecular complexity index is 442. The molecule has 0 bridgehead atoms. The van der Waals surface area contributed by atoms with E-state index in [1.165, 1.54) is 5.56 Å². The van der Waals surface area contributed by atoms with Gasteiger partial charge in [-0.05, 0) is 44.4 Å². The van der Waals surface area contributed by atoms with Crippen molar-refractivity contribution in [3.8, 4) is 0 Å². The van der Waals surface area contributed by atoms with Gasteiger partial charge in [-0.25, -0.2) is 4.39 Å². The third kappa shape index (κ3) is 1.93. The first-order chi connectivity index (χ1) is 8.05. The molecule has 0 aromatic heterocycles. The van der Waals surface area contributed by atoms with Gasteiger partial charge in [-0.15, -0.1) is 0 Å². The van der Waals surface area contributed by atoms with E-state index in [0.29, 0.717) is 6.04 Å². The molecule has 0 aliphatic carbocycles. The highest BCUT2D eigenvalue weighted by Crippen LogP contribution is 2.34. The molecule has 1 fully saturated rings. The van der Waals surface area contributed by atoms with Gasteiger partial charge in [0.2, 0.25) is 0 Å². The number of nitrogens with zero attached hydrogens (tertiary/aromatic N) is 1. The van der Waals surface area contributed by atoms with Gasteiger partial charge in [0.05, 0.1) is 0 Å². The Morgan fingerprint density at radius 3 is 2.94 bits per heavy atom. The number of rotatable bonds is 1. The monoisotopic (exact) mass is 234 g/mol. The molecule has 17 heavy (non-hydrogen) atoms. The highest BCUT2D eigenvalue weighted by atomic mass is 19.1.